The maximum Gasteiger partial charge on any atom is 0.0712 e. The van der Waals surface area contributed by atoms with Crippen LogP contribution in [0.2, 0.25) is 0 Å². The highest BCUT2D eigenvalue weighted by atomic mass is 14.7. The average molecular weight is 483 g/mol. The molecule has 0 radical (unpaired) electrons. The van der Waals surface area contributed by atoms with Crippen LogP contribution in [0.5, 0.6) is 0 Å². The molecule has 2 heteroatoms. The van der Waals surface area contributed by atoms with Gasteiger partial charge in [0, 0.05) is 27.5 Å². The molecule has 0 spiro atoms. The number of para-hydroxylation sites is 4. The zero-order valence-corrected chi connectivity index (χ0v) is 21.7. The minimum atomic E-state index is 0.252. The number of unbranched alkanes of at least 4 members (excludes halogenated alkanes) is 5. The summed E-state index contributed by atoms with van der Waals surface area (Å²) >= 11 is 0. The molecule has 4 aromatic carbocycles. The van der Waals surface area contributed by atoms with Crippen molar-refractivity contribution >= 4 is 43.6 Å². The van der Waals surface area contributed by atoms with Gasteiger partial charge in [-0.05, 0) is 41.8 Å². The maximum atomic E-state index is 5.06. The molecule has 184 valence electrons. The Kier molecular flexibility index (Phi) is 6.82. The highest BCUT2D eigenvalue weighted by Gasteiger charge is 2.24. The second kappa shape index (κ2) is 10.7. The summed E-state index contributed by atoms with van der Waals surface area (Å²) in [4.78, 5) is 10.1. The highest BCUT2D eigenvalue weighted by molar-refractivity contribution is 6.03. The lowest BCUT2D eigenvalue weighted by atomic mass is 9.80. The third-order valence-corrected chi connectivity index (χ3v) is 7.80. The van der Waals surface area contributed by atoms with Crippen molar-refractivity contribution in [3.8, 4) is 0 Å². The van der Waals surface area contributed by atoms with E-state index in [9.17, 15) is 0 Å². The molecule has 0 amide bonds. The molecule has 0 saturated heterocycles. The third-order valence-electron chi connectivity index (χ3n) is 7.80. The first-order valence-electron chi connectivity index (χ1n) is 13.9. The summed E-state index contributed by atoms with van der Waals surface area (Å²) in [5.74, 6) is 0.252. The molecule has 0 aliphatic carbocycles. The van der Waals surface area contributed by atoms with Gasteiger partial charge in [0.1, 0.15) is 0 Å². The quantitative estimate of drug-likeness (QED) is 0.151. The van der Waals surface area contributed by atoms with Crippen LogP contribution in [-0.4, -0.2) is 9.97 Å². The zero-order valence-electron chi connectivity index (χ0n) is 21.7. The van der Waals surface area contributed by atoms with E-state index in [1.54, 1.807) is 0 Å². The second-order valence-corrected chi connectivity index (χ2v) is 10.2. The van der Waals surface area contributed by atoms with Crippen molar-refractivity contribution in [2.45, 2.75) is 57.8 Å². The van der Waals surface area contributed by atoms with Gasteiger partial charge in [0.05, 0.1) is 22.1 Å². The Morgan fingerprint density at radius 1 is 0.459 bits per heavy atom. The summed E-state index contributed by atoms with van der Waals surface area (Å²) in [6, 6.07) is 34.8. The molecule has 37 heavy (non-hydrogen) atoms. The molecule has 6 aromatic rings. The number of fused-ring (bicyclic) bond motifs is 4. The van der Waals surface area contributed by atoms with Gasteiger partial charge in [-0.3, -0.25) is 0 Å². The minimum absolute atomic E-state index is 0.252. The Balaban J connectivity index is 1.62. The summed E-state index contributed by atoms with van der Waals surface area (Å²) in [6.45, 7) is 2.29. The summed E-state index contributed by atoms with van der Waals surface area (Å²) in [5, 5.41) is 5.06. The molecule has 0 aliphatic rings. The molecule has 0 saturated carbocycles. The molecule has 2 nitrogen and oxygen atoms in total. The number of nitrogens with zero attached hydrogens (tertiary/aromatic N) is 2. The van der Waals surface area contributed by atoms with E-state index in [0.717, 1.165) is 28.5 Å². The van der Waals surface area contributed by atoms with Gasteiger partial charge in [0.15, 0.2) is 0 Å². The monoisotopic (exact) mass is 482 g/mol. The van der Waals surface area contributed by atoms with Crippen LogP contribution < -0.4 is 0 Å². The van der Waals surface area contributed by atoms with Gasteiger partial charge in [0.2, 0.25) is 0 Å². The van der Waals surface area contributed by atoms with E-state index in [1.165, 1.54) is 71.2 Å². The number of hydrogen-bond donors (Lipinski definition) is 0. The van der Waals surface area contributed by atoms with Crippen molar-refractivity contribution in [1.29, 1.82) is 0 Å². The lowest BCUT2D eigenvalue weighted by molar-refractivity contribution is 0.572. The molecule has 0 fully saturated rings. The predicted octanol–water partition coefficient (Wildman–Crippen LogP) is 9.97. The molecular formula is C35H34N2. The SMILES string of the molecule is CCCCCCCCC(c1c2ccccc2nc2ccccc12)c1c2ccccc2nc2ccccc12. The van der Waals surface area contributed by atoms with E-state index in [0.29, 0.717) is 0 Å². The lowest BCUT2D eigenvalue weighted by Crippen LogP contribution is -2.07. The first-order valence-corrected chi connectivity index (χ1v) is 13.9. The van der Waals surface area contributed by atoms with E-state index in [4.69, 9.17) is 9.97 Å². The highest BCUT2D eigenvalue weighted by Crippen LogP contribution is 2.43. The fraction of sp³-hybridized carbons (Fsp3) is 0.257. The Bertz CT molecular complexity index is 1460. The largest absolute Gasteiger partial charge is 0.248 e. The van der Waals surface area contributed by atoms with Crippen molar-refractivity contribution in [1.82, 2.24) is 9.97 Å². The average Bonchev–Trinajstić information content (AvgIpc) is 2.95. The topological polar surface area (TPSA) is 25.8 Å². The van der Waals surface area contributed by atoms with E-state index < -0.39 is 0 Å². The first-order chi connectivity index (χ1) is 18.3. The normalized spacial score (nSPS) is 11.8. The fourth-order valence-corrected chi connectivity index (χ4v) is 6.06. The van der Waals surface area contributed by atoms with E-state index in [2.05, 4.69) is 104 Å². The molecule has 2 aromatic heterocycles. The van der Waals surface area contributed by atoms with Crippen LogP contribution in [0.3, 0.4) is 0 Å². The van der Waals surface area contributed by atoms with Gasteiger partial charge in [0.25, 0.3) is 0 Å². The van der Waals surface area contributed by atoms with Gasteiger partial charge in [-0.2, -0.15) is 0 Å². The van der Waals surface area contributed by atoms with E-state index >= 15 is 0 Å². The molecule has 0 aliphatic heterocycles. The fourth-order valence-electron chi connectivity index (χ4n) is 6.06. The van der Waals surface area contributed by atoms with Crippen molar-refractivity contribution in [3.05, 3.63) is 108 Å². The lowest BCUT2D eigenvalue weighted by Gasteiger charge is -2.25. The number of benzene rings is 4. The summed E-state index contributed by atoms with van der Waals surface area (Å²) in [5.41, 5.74) is 7.13. The van der Waals surface area contributed by atoms with Gasteiger partial charge in [-0.25, -0.2) is 9.97 Å². The standard InChI is InChI=1S/C35H34N2/c1-2-3-4-5-6-7-20-29(34-25-16-8-12-21-30(25)36-31-22-13-9-17-26(31)34)35-27-18-10-14-23-32(27)37-33-24-15-11-19-28(33)35/h8-19,21-24,29H,2-7,20H2,1H3. The van der Waals surface area contributed by atoms with Crippen LogP contribution in [0.1, 0.15) is 68.9 Å². The summed E-state index contributed by atoms with van der Waals surface area (Å²) in [7, 11) is 0. The Hall–Kier alpha value is -3.78. The van der Waals surface area contributed by atoms with E-state index in [1.807, 2.05) is 0 Å². The molecule has 2 heterocycles. The maximum absolute atomic E-state index is 5.06. The number of rotatable bonds is 9. The predicted molar refractivity (Wildman–Crippen MR) is 158 cm³/mol. The summed E-state index contributed by atoms with van der Waals surface area (Å²) in [6.07, 6.45) is 8.87. The molecular weight excluding hydrogens is 448 g/mol. The van der Waals surface area contributed by atoms with Crippen LogP contribution in [0, 0.1) is 0 Å². The number of pyridine rings is 2. The van der Waals surface area contributed by atoms with Crippen LogP contribution in [0.25, 0.3) is 43.6 Å². The van der Waals surface area contributed by atoms with Crippen molar-refractivity contribution in [2.24, 2.45) is 0 Å². The molecule has 0 atom stereocenters. The van der Waals surface area contributed by atoms with Crippen LogP contribution in [0.4, 0.5) is 0 Å². The van der Waals surface area contributed by atoms with Gasteiger partial charge >= 0.3 is 0 Å². The first kappa shape index (κ1) is 23.6. The second-order valence-electron chi connectivity index (χ2n) is 10.2. The van der Waals surface area contributed by atoms with Gasteiger partial charge in [-0.1, -0.05) is 118 Å². The van der Waals surface area contributed by atoms with Crippen LogP contribution in [-0.2, 0) is 0 Å². The minimum Gasteiger partial charge on any atom is -0.248 e. The van der Waals surface area contributed by atoms with Crippen LogP contribution >= 0.6 is 0 Å². The van der Waals surface area contributed by atoms with Gasteiger partial charge < -0.3 is 0 Å². The third kappa shape index (κ3) is 4.57. The molecule has 6 rings (SSSR count). The van der Waals surface area contributed by atoms with Crippen LogP contribution in [0.15, 0.2) is 97.1 Å². The zero-order chi connectivity index (χ0) is 25.0. The van der Waals surface area contributed by atoms with Crippen molar-refractivity contribution in [3.63, 3.8) is 0 Å². The molecule has 0 N–H and O–H groups in total. The smallest absolute Gasteiger partial charge is 0.0712 e. The molecule has 0 unspecified atom stereocenters. The van der Waals surface area contributed by atoms with Gasteiger partial charge in [-0.15, -0.1) is 0 Å². The Morgan fingerprint density at radius 2 is 0.811 bits per heavy atom. The summed E-state index contributed by atoms with van der Waals surface area (Å²) < 4.78 is 0. The Morgan fingerprint density at radius 3 is 1.22 bits per heavy atom. The molecule has 0 bridgehead atoms. The van der Waals surface area contributed by atoms with E-state index in [-0.39, 0.29) is 5.92 Å². The number of hydrogen-bond acceptors (Lipinski definition) is 2. The Labute approximate surface area is 219 Å². The van der Waals surface area contributed by atoms with Crippen molar-refractivity contribution in [2.75, 3.05) is 0 Å². The van der Waals surface area contributed by atoms with Crippen molar-refractivity contribution < 1.29 is 0 Å². The number of aromatic nitrogens is 2.